The van der Waals surface area contributed by atoms with Crippen LogP contribution in [0.5, 0.6) is 0 Å². The average Bonchev–Trinajstić information content (AvgIpc) is 3.32. The molecule has 1 aliphatic heterocycles. The Bertz CT molecular complexity index is 1050. The minimum absolute atomic E-state index is 0.0854. The van der Waals surface area contributed by atoms with E-state index in [1.165, 1.54) is 24.3 Å². The maximum Gasteiger partial charge on any atom is 0.247 e. The lowest BCUT2D eigenvalue weighted by molar-refractivity contribution is -0.128. The van der Waals surface area contributed by atoms with Gasteiger partial charge in [-0.05, 0) is 48.9 Å². The van der Waals surface area contributed by atoms with Gasteiger partial charge < -0.3 is 15.1 Å². The molecule has 1 amide bonds. The highest BCUT2D eigenvalue weighted by atomic mass is 19.1. The number of halogens is 1. The summed E-state index contributed by atoms with van der Waals surface area (Å²) >= 11 is 0. The molecule has 0 radical (unpaired) electrons. The van der Waals surface area contributed by atoms with Crippen LogP contribution in [0.3, 0.4) is 0 Å². The number of hydrogen-bond donors (Lipinski definition) is 2. The Hall–Kier alpha value is -3.55. The van der Waals surface area contributed by atoms with Crippen LogP contribution in [0.15, 0.2) is 46.9 Å². The van der Waals surface area contributed by atoms with Crippen LogP contribution in [-0.4, -0.2) is 33.3 Å². The Morgan fingerprint density at radius 1 is 1.21 bits per heavy atom. The highest BCUT2D eigenvalue weighted by Gasteiger charge is 2.22. The molecule has 2 heterocycles. The van der Waals surface area contributed by atoms with E-state index in [9.17, 15) is 9.18 Å². The number of nitrogen functional groups attached to an aromatic ring is 1. The zero-order valence-corrected chi connectivity index (χ0v) is 15.0. The van der Waals surface area contributed by atoms with Crippen molar-refractivity contribution in [1.82, 2.24) is 15.1 Å². The molecule has 0 unspecified atom stereocenters. The van der Waals surface area contributed by atoms with E-state index in [4.69, 9.17) is 15.6 Å². The van der Waals surface area contributed by atoms with Gasteiger partial charge in [0.05, 0.1) is 12.3 Å². The topological polar surface area (TPSA) is 109 Å². The molecule has 1 fully saturated rings. The predicted molar refractivity (Wildman–Crippen MR) is 101 cm³/mol. The van der Waals surface area contributed by atoms with Crippen molar-refractivity contribution in [3.05, 3.63) is 65.3 Å². The van der Waals surface area contributed by atoms with Crippen LogP contribution in [0.4, 0.5) is 10.1 Å². The summed E-state index contributed by atoms with van der Waals surface area (Å²) in [7, 11) is 0. The van der Waals surface area contributed by atoms with Gasteiger partial charge >= 0.3 is 0 Å². The van der Waals surface area contributed by atoms with E-state index in [0.29, 0.717) is 47.8 Å². The largest absolute Gasteiger partial charge is 0.419 e. The second-order valence-corrected chi connectivity index (χ2v) is 6.60. The SMILES string of the molecule is N=C(c1ccc(F)cc1)c1cc(-c2nnc(CN3CCCC3=O)o2)ccc1N. The maximum atomic E-state index is 13.1. The lowest BCUT2D eigenvalue weighted by atomic mass is 9.99. The van der Waals surface area contributed by atoms with Crippen molar-refractivity contribution < 1.29 is 13.6 Å². The molecule has 3 aromatic rings. The first-order valence-electron chi connectivity index (χ1n) is 8.86. The number of aromatic nitrogens is 2. The number of carbonyl (C=O) groups is 1. The van der Waals surface area contributed by atoms with Crippen molar-refractivity contribution >= 4 is 17.3 Å². The van der Waals surface area contributed by atoms with Crippen molar-refractivity contribution in [3.8, 4) is 11.5 Å². The fourth-order valence-corrected chi connectivity index (χ4v) is 3.15. The Morgan fingerprint density at radius 2 is 2.00 bits per heavy atom. The second kappa shape index (κ2) is 7.22. The van der Waals surface area contributed by atoms with Gasteiger partial charge in [-0.1, -0.05) is 0 Å². The Kier molecular flexibility index (Phi) is 4.60. The van der Waals surface area contributed by atoms with E-state index in [1.807, 2.05) is 0 Å². The molecular weight excluding hydrogens is 361 g/mol. The molecule has 4 rings (SSSR count). The van der Waals surface area contributed by atoms with Gasteiger partial charge in [-0.25, -0.2) is 4.39 Å². The predicted octanol–water partition coefficient (Wildman–Crippen LogP) is 3.00. The van der Waals surface area contributed by atoms with Gasteiger partial charge in [0.1, 0.15) is 5.82 Å². The smallest absolute Gasteiger partial charge is 0.247 e. The quantitative estimate of drug-likeness (QED) is 0.523. The third kappa shape index (κ3) is 3.48. The van der Waals surface area contributed by atoms with Crippen molar-refractivity contribution in [3.63, 3.8) is 0 Å². The molecule has 1 aliphatic rings. The van der Waals surface area contributed by atoms with Gasteiger partial charge in [0, 0.05) is 35.3 Å². The fraction of sp³-hybridized carbons (Fsp3) is 0.200. The summed E-state index contributed by atoms with van der Waals surface area (Å²) in [5.41, 5.74) is 8.27. The Morgan fingerprint density at radius 3 is 2.71 bits per heavy atom. The fourth-order valence-electron chi connectivity index (χ4n) is 3.15. The number of likely N-dealkylation sites (tertiary alicyclic amines) is 1. The van der Waals surface area contributed by atoms with Crippen molar-refractivity contribution in [2.45, 2.75) is 19.4 Å². The number of rotatable bonds is 5. The molecule has 2 aromatic carbocycles. The molecule has 0 atom stereocenters. The summed E-state index contributed by atoms with van der Waals surface area (Å²) in [6, 6.07) is 10.7. The van der Waals surface area contributed by atoms with Crippen LogP contribution in [-0.2, 0) is 11.3 Å². The summed E-state index contributed by atoms with van der Waals surface area (Å²) in [5.74, 6) is 0.363. The summed E-state index contributed by atoms with van der Waals surface area (Å²) in [6.45, 7) is 0.983. The molecule has 3 N–H and O–H groups in total. The summed E-state index contributed by atoms with van der Waals surface area (Å²) in [6.07, 6.45) is 1.39. The number of benzene rings is 2. The van der Waals surface area contributed by atoms with Crippen LogP contribution < -0.4 is 5.73 Å². The van der Waals surface area contributed by atoms with E-state index < -0.39 is 0 Å². The van der Waals surface area contributed by atoms with Gasteiger partial charge in [-0.15, -0.1) is 10.2 Å². The second-order valence-electron chi connectivity index (χ2n) is 6.60. The lowest BCUT2D eigenvalue weighted by Crippen LogP contribution is -2.23. The number of nitrogens with two attached hydrogens (primary N) is 1. The van der Waals surface area contributed by atoms with Crippen LogP contribution in [0.25, 0.3) is 11.5 Å². The van der Waals surface area contributed by atoms with Gasteiger partial charge in [0.2, 0.25) is 17.7 Å². The van der Waals surface area contributed by atoms with E-state index in [2.05, 4.69) is 10.2 Å². The molecule has 8 heteroatoms. The summed E-state index contributed by atoms with van der Waals surface area (Å²) in [5, 5.41) is 16.5. The van der Waals surface area contributed by atoms with Crippen LogP contribution in [0.1, 0.15) is 29.9 Å². The number of carbonyl (C=O) groups excluding carboxylic acids is 1. The third-order valence-electron chi connectivity index (χ3n) is 4.67. The number of amides is 1. The molecule has 1 aromatic heterocycles. The molecule has 1 saturated heterocycles. The van der Waals surface area contributed by atoms with E-state index in [-0.39, 0.29) is 23.3 Å². The van der Waals surface area contributed by atoms with Gasteiger partial charge in [0.15, 0.2) is 0 Å². The van der Waals surface area contributed by atoms with Crippen molar-refractivity contribution in [2.75, 3.05) is 12.3 Å². The van der Waals surface area contributed by atoms with Gasteiger partial charge in [-0.2, -0.15) is 0 Å². The molecule has 28 heavy (non-hydrogen) atoms. The van der Waals surface area contributed by atoms with Crippen LogP contribution >= 0.6 is 0 Å². The van der Waals surface area contributed by atoms with Crippen LogP contribution in [0.2, 0.25) is 0 Å². The zero-order valence-electron chi connectivity index (χ0n) is 15.0. The lowest BCUT2D eigenvalue weighted by Gasteiger charge is -2.11. The summed E-state index contributed by atoms with van der Waals surface area (Å²) < 4.78 is 18.8. The van der Waals surface area contributed by atoms with E-state index in [1.54, 1.807) is 23.1 Å². The molecular formula is C20H18FN5O2. The average molecular weight is 379 g/mol. The minimum atomic E-state index is -0.367. The maximum absolute atomic E-state index is 13.1. The summed E-state index contributed by atoms with van der Waals surface area (Å²) in [4.78, 5) is 13.4. The van der Waals surface area contributed by atoms with Crippen molar-refractivity contribution in [1.29, 1.82) is 5.41 Å². The number of nitrogens with one attached hydrogen (secondary N) is 1. The normalized spacial score (nSPS) is 13.9. The first-order valence-corrected chi connectivity index (χ1v) is 8.86. The molecule has 0 spiro atoms. The van der Waals surface area contributed by atoms with Gasteiger partial charge in [-0.3, -0.25) is 10.2 Å². The van der Waals surface area contributed by atoms with Gasteiger partial charge in [0.25, 0.3) is 0 Å². The molecule has 0 bridgehead atoms. The molecule has 0 saturated carbocycles. The standard InChI is InChI=1S/C20H18FN5O2/c21-14-6-3-12(4-7-14)19(23)15-10-13(5-8-16(15)22)20-25-24-17(28-20)11-26-9-1-2-18(26)27/h3-8,10,23H,1-2,9,11,22H2. The van der Waals surface area contributed by atoms with E-state index >= 15 is 0 Å². The highest BCUT2D eigenvalue weighted by molar-refractivity contribution is 6.14. The number of hydrogen-bond acceptors (Lipinski definition) is 6. The third-order valence-corrected chi connectivity index (χ3v) is 4.67. The molecule has 7 nitrogen and oxygen atoms in total. The number of nitrogens with zero attached hydrogens (tertiary/aromatic N) is 3. The zero-order chi connectivity index (χ0) is 19.7. The first-order chi connectivity index (χ1) is 13.5. The van der Waals surface area contributed by atoms with Crippen molar-refractivity contribution in [2.24, 2.45) is 0 Å². The molecule has 142 valence electrons. The Labute approximate surface area is 160 Å². The van der Waals surface area contributed by atoms with Crippen LogP contribution in [0, 0.1) is 11.2 Å². The number of anilines is 1. The monoisotopic (exact) mass is 379 g/mol. The Balaban J connectivity index is 1.59. The first kappa shape index (κ1) is 17.8. The highest BCUT2D eigenvalue weighted by Crippen LogP contribution is 2.25. The minimum Gasteiger partial charge on any atom is -0.419 e. The van der Waals surface area contributed by atoms with E-state index in [0.717, 1.165) is 6.42 Å². The molecule has 0 aliphatic carbocycles.